The van der Waals surface area contributed by atoms with E-state index in [0.717, 1.165) is 12.4 Å². The van der Waals surface area contributed by atoms with Crippen LogP contribution in [0.15, 0.2) is 0 Å². The second-order valence-electron chi connectivity index (χ2n) is 4.26. The molecule has 0 aliphatic heterocycles. The van der Waals surface area contributed by atoms with Crippen LogP contribution in [0.4, 0.5) is 0 Å². The Balaban J connectivity index is 2.22. The molecular formula is C11H22O2S. The van der Waals surface area contributed by atoms with Crippen molar-refractivity contribution >= 4 is 12.6 Å². The van der Waals surface area contributed by atoms with Crippen LogP contribution in [-0.4, -0.2) is 32.7 Å². The molecule has 1 aliphatic carbocycles. The summed E-state index contributed by atoms with van der Waals surface area (Å²) in [6, 6.07) is 0. The lowest BCUT2D eigenvalue weighted by atomic mass is 9.76. The molecule has 1 saturated carbocycles. The highest BCUT2D eigenvalue weighted by Gasteiger charge is 2.30. The van der Waals surface area contributed by atoms with Crippen molar-refractivity contribution in [2.75, 3.05) is 32.7 Å². The fourth-order valence-corrected chi connectivity index (χ4v) is 2.49. The Hall–Kier alpha value is 0.270. The van der Waals surface area contributed by atoms with Gasteiger partial charge in [-0.15, -0.1) is 0 Å². The van der Waals surface area contributed by atoms with E-state index >= 15 is 0 Å². The fourth-order valence-electron chi connectivity index (χ4n) is 2.08. The molecule has 0 bridgehead atoms. The summed E-state index contributed by atoms with van der Waals surface area (Å²) in [5, 5.41) is 0. The number of hydrogen-bond acceptors (Lipinski definition) is 3. The Morgan fingerprint density at radius 1 is 1.14 bits per heavy atom. The molecule has 0 aromatic carbocycles. The van der Waals surface area contributed by atoms with Crippen molar-refractivity contribution in [2.45, 2.75) is 32.1 Å². The molecule has 0 amide bonds. The van der Waals surface area contributed by atoms with Crippen molar-refractivity contribution in [3.63, 3.8) is 0 Å². The maximum atomic E-state index is 5.63. The molecule has 0 N–H and O–H groups in total. The van der Waals surface area contributed by atoms with Crippen LogP contribution in [0, 0.1) is 5.41 Å². The molecule has 1 fully saturated rings. The van der Waals surface area contributed by atoms with Crippen LogP contribution in [0.2, 0.25) is 0 Å². The smallest absolute Gasteiger partial charge is 0.0700 e. The van der Waals surface area contributed by atoms with Crippen LogP contribution >= 0.6 is 12.6 Å². The summed E-state index contributed by atoms with van der Waals surface area (Å²) in [6.45, 7) is 2.27. The highest BCUT2D eigenvalue weighted by atomic mass is 32.1. The average Bonchev–Trinajstić information content (AvgIpc) is 2.26. The Kier molecular flexibility index (Phi) is 5.90. The summed E-state index contributed by atoms with van der Waals surface area (Å²) in [5.41, 5.74) is 0.356. The van der Waals surface area contributed by atoms with Gasteiger partial charge in [-0.25, -0.2) is 0 Å². The van der Waals surface area contributed by atoms with Gasteiger partial charge in [0.05, 0.1) is 19.8 Å². The number of rotatable bonds is 6. The Labute approximate surface area is 92.8 Å². The third kappa shape index (κ3) is 3.79. The molecule has 2 nitrogen and oxygen atoms in total. The molecule has 1 aliphatic rings. The molecule has 0 saturated heterocycles. The summed E-state index contributed by atoms with van der Waals surface area (Å²) in [7, 11) is 1.71. The molecule has 0 heterocycles. The molecule has 0 radical (unpaired) electrons. The van der Waals surface area contributed by atoms with Gasteiger partial charge in [-0.3, -0.25) is 0 Å². The van der Waals surface area contributed by atoms with Crippen LogP contribution in [0.1, 0.15) is 32.1 Å². The lowest BCUT2D eigenvalue weighted by Crippen LogP contribution is -2.32. The first-order chi connectivity index (χ1) is 6.83. The van der Waals surface area contributed by atoms with Gasteiger partial charge in [0.2, 0.25) is 0 Å². The molecule has 0 atom stereocenters. The van der Waals surface area contributed by atoms with Crippen LogP contribution in [0.5, 0.6) is 0 Å². The number of thiol groups is 1. The average molecular weight is 218 g/mol. The second-order valence-corrected chi connectivity index (χ2v) is 4.58. The topological polar surface area (TPSA) is 18.5 Å². The van der Waals surface area contributed by atoms with E-state index in [9.17, 15) is 0 Å². The molecule has 14 heavy (non-hydrogen) atoms. The minimum Gasteiger partial charge on any atom is -0.382 e. The van der Waals surface area contributed by atoms with Crippen molar-refractivity contribution in [3.05, 3.63) is 0 Å². The standard InChI is InChI=1S/C11H22O2S/c1-12-7-8-13-9-11(10-14)5-3-2-4-6-11/h14H,2-10H2,1H3. The quantitative estimate of drug-likeness (QED) is 0.545. The molecule has 3 heteroatoms. The van der Waals surface area contributed by atoms with Crippen LogP contribution in [0.3, 0.4) is 0 Å². The Morgan fingerprint density at radius 3 is 2.43 bits per heavy atom. The van der Waals surface area contributed by atoms with Crippen molar-refractivity contribution in [1.82, 2.24) is 0 Å². The zero-order chi connectivity index (χ0) is 10.3. The van der Waals surface area contributed by atoms with E-state index in [-0.39, 0.29) is 0 Å². The van der Waals surface area contributed by atoms with E-state index in [1.54, 1.807) is 7.11 Å². The zero-order valence-electron chi connectivity index (χ0n) is 9.13. The maximum absolute atomic E-state index is 5.63. The monoisotopic (exact) mass is 218 g/mol. The predicted octanol–water partition coefficient (Wildman–Crippen LogP) is 2.53. The second kappa shape index (κ2) is 6.70. The number of ether oxygens (including phenoxy) is 2. The van der Waals surface area contributed by atoms with Gasteiger partial charge in [0.15, 0.2) is 0 Å². The predicted molar refractivity (Wildman–Crippen MR) is 62.1 cm³/mol. The van der Waals surface area contributed by atoms with Gasteiger partial charge in [-0.05, 0) is 18.6 Å². The summed E-state index contributed by atoms with van der Waals surface area (Å²) in [6.07, 6.45) is 6.63. The third-order valence-corrected chi connectivity index (χ3v) is 3.76. The summed E-state index contributed by atoms with van der Waals surface area (Å²) in [4.78, 5) is 0. The summed E-state index contributed by atoms with van der Waals surface area (Å²) < 4.78 is 10.6. The van der Waals surface area contributed by atoms with Crippen LogP contribution < -0.4 is 0 Å². The van der Waals surface area contributed by atoms with Crippen LogP contribution in [0.25, 0.3) is 0 Å². The van der Waals surface area contributed by atoms with E-state index in [4.69, 9.17) is 9.47 Å². The van der Waals surface area contributed by atoms with E-state index in [1.165, 1.54) is 32.1 Å². The molecule has 1 rings (SSSR count). The lowest BCUT2D eigenvalue weighted by Gasteiger charge is -2.35. The fraction of sp³-hybridized carbons (Fsp3) is 1.00. The normalized spacial score (nSPS) is 21.0. The van der Waals surface area contributed by atoms with Crippen molar-refractivity contribution in [2.24, 2.45) is 5.41 Å². The molecule has 0 unspecified atom stereocenters. The van der Waals surface area contributed by atoms with Gasteiger partial charge in [0, 0.05) is 12.5 Å². The molecular weight excluding hydrogens is 196 g/mol. The first-order valence-electron chi connectivity index (χ1n) is 5.50. The van der Waals surface area contributed by atoms with E-state index in [1.807, 2.05) is 0 Å². The Morgan fingerprint density at radius 2 is 1.86 bits per heavy atom. The molecule has 0 aromatic rings. The van der Waals surface area contributed by atoms with E-state index in [0.29, 0.717) is 18.6 Å². The van der Waals surface area contributed by atoms with Gasteiger partial charge in [0.1, 0.15) is 0 Å². The third-order valence-electron chi connectivity index (χ3n) is 3.09. The number of methoxy groups -OCH3 is 1. The minimum atomic E-state index is 0.356. The van der Waals surface area contributed by atoms with Gasteiger partial charge >= 0.3 is 0 Å². The highest BCUT2D eigenvalue weighted by molar-refractivity contribution is 7.80. The van der Waals surface area contributed by atoms with Crippen molar-refractivity contribution in [1.29, 1.82) is 0 Å². The van der Waals surface area contributed by atoms with Crippen molar-refractivity contribution in [3.8, 4) is 0 Å². The van der Waals surface area contributed by atoms with Gasteiger partial charge in [0.25, 0.3) is 0 Å². The van der Waals surface area contributed by atoms with Gasteiger partial charge in [-0.1, -0.05) is 19.3 Å². The molecule has 0 spiro atoms. The summed E-state index contributed by atoms with van der Waals surface area (Å²) in [5.74, 6) is 0.958. The first-order valence-corrected chi connectivity index (χ1v) is 6.14. The maximum Gasteiger partial charge on any atom is 0.0700 e. The SMILES string of the molecule is COCCOCC1(CS)CCCCC1. The van der Waals surface area contributed by atoms with E-state index in [2.05, 4.69) is 12.6 Å². The minimum absolute atomic E-state index is 0.356. The molecule has 84 valence electrons. The van der Waals surface area contributed by atoms with Gasteiger partial charge in [-0.2, -0.15) is 12.6 Å². The highest BCUT2D eigenvalue weighted by Crippen LogP contribution is 2.37. The zero-order valence-corrected chi connectivity index (χ0v) is 10.0. The lowest BCUT2D eigenvalue weighted by molar-refractivity contribution is 0.00936. The largest absolute Gasteiger partial charge is 0.382 e. The van der Waals surface area contributed by atoms with Gasteiger partial charge < -0.3 is 9.47 Å². The Bertz CT molecular complexity index is 144. The number of hydrogen-bond donors (Lipinski definition) is 1. The summed E-state index contributed by atoms with van der Waals surface area (Å²) >= 11 is 4.46. The van der Waals surface area contributed by atoms with Crippen LogP contribution in [-0.2, 0) is 9.47 Å². The van der Waals surface area contributed by atoms with E-state index < -0.39 is 0 Å². The van der Waals surface area contributed by atoms with Crippen molar-refractivity contribution < 1.29 is 9.47 Å². The first kappa shape index (κ1) is 12.3. The molecule has 0 aromatic heterocycles.